The summed E-state index contributed by atoms with van der Waals surface area (Å²) in [6.45, 7) is 3.76. The lowest BCUT2D eigenvalue weighted by molar-refractivity contribution is -0.135. The van der Waals surface area contributed by atoms with E-state index in [1.807, 2.05) is 0 Å². The highest BCUT2D eigenvalue weighted by molar-refractivity contribution is 5.94. The van der Waals surface area contributed by atoms with Crippen LogP contribution in [0.4, 0.5) is 5.82 Å². The largest absolute Gasteiger partial charge is 0.360 e. The van der Waals surface area contributed by atoms with Crippen molar-refractivity contribution in [3.8, 4) is 0 Å². The predicted octanol–water partition coefficient (Wildman–Crippen LogP) is 0.770. The van der Waals surface area contributed by atoms with E-state index in [1.54, 1.807) is 20.0 Å². The average Bonchev–Trinajstić information content (AvgIpc) is 3.01. The van der Waals surface area contributed by atoms with Crippen LogP contribution < -0.4 is 10.6 Å². The third kappa shape index (κ3) is 2.99. The van der Waals surface area contributed by atoms with Crippen molar-refractivity contribution in [1.82, 2.24) is 15.4 Å². The average molecular weight is 306 g/mol. The molecule has 1 aromatic heterocycles. The van der Waals surface area contributed by atoms with Crippen LogP contribution >= 0.6 is 0 Å². The van der Waals surface area contributed by atoms with Crippen LogP contribution in [0.15, 0.2) is 10.6 Å². The smallest absolute Gasteiger partial charge is 0.245 e. The van der Waals surface area contributed by atoms with Crippen LogP contribution in [0.2, 0.25) is 0 Å². The Kier molecular flexibility index (Phi) is 3.90. The number of carbonyl (C=O) groups excluding carboxylic acids is 2. The van der Waals surface area contributed by atoms with Crippen LogP contribution in [0.1, 0.15) is 25.0 Å². The molecule has 0 aromatic carbocycles. The third-order valence-electron chi connectivity index (χ3n) is 4.74. The summed E-state index contributed by atoms with van der Waals surface area (Å²) in [6, 6.07) is 1.64. The van der Waals surface area contributed by atoms with E-state index in [0.29, 0.717) is 11.6 Å². The van der Waals surface area contributed by atoms with E-state index in [-0.39, 0.29) is 29.7 Å². The van der Waals surface area contributed by atoms with Crippen LogP contribution in [-0.4, -0.2) is 48.6 Å². The molecule has 1 aliphatic carbocycles. The van der Waals surface area contributed by atoms with E-state index >= 15 is 0 Å². The number of hydrogen-bond donors (Lipinski definition) is 2. The van der Waals surface area contributed by atoms with E-state index in [2.05, 4.69) is 15.8 Å². The highest BCUT2D eigenvalue weighted by Crippen LogP contribution is 2.59. The number of aryl methyl sites for hydroxylation is 1. The van der Waals surface area contributed by atoms with Gasteiger partial charge in [0.15, 0.2) is 5.82 Å². The number of piperidine rings is 1. The fraction of sp³-hybridized carbons (Fsp3) is 0.667. The number of carbonyl (C=O) groups is 2. The van der Waals surface area contributed by atoms with Gasteiger partial charge in [-0.2, -0.15) is 0 Å². The maximum atomic E-state index is 12.5. The second kappa shape index (κ2) is 5.72. The maximum absolute atomic E-state index is 12.5. The van der Waals surface area contributed by atoms with Gasteiger partial charge in [-0.3, -0.25) is 9.59 Å². The van der Waals surface area contributed by atoms with Crippen molar-refractivity contribution >= 4 is 17.6 Å². The summed E-state index contributed by atoms with van der Waals surface area (Å²) in [5, 5.41) is 9.66. The molecule has 0 bridgehead atoms. The van der Waals surface area contributed by atoms with Crippen molar-refractivity contribution in [2.75, 3.05) is 32.0 Å². The highest BCUT2D eigenvalue weighted by Gasteiger charge is 2.58. The molecule has 1 saturated heterocycles. The molecule has 2 amide bonds. The molecule has 7 nitrogen and oxygen atoms in total. The fourth-order valence-corrected chi connectivity index (χ4v) is 3.34. The van der Waals surface area contributed by atoms with Gasteiger partial charge in [0.1, 0.15) is 5.76 Å². The molecule has 2 fully saturated rings. The SMILES string of the molecule is Cc1cc(NC(=O)CN(C)C(=O)C2CC23CCNCC3)no1. The molecule has 0 radical (unpaired) electrons. The van der Waals surface area contributed by atoms with Gasteiger partial charge in [0, 0.05) is 19.0 Å². The van der Waals surface area contributed by atoms with Crippen molar-refractivity contribution in [1.29, 1.82) is 0 Å². The van der Waals surface area contributed by atoms with Crippen LogP contribution in [0, 0.1) is 18.3 Å². The molecule has 7 heteroatoms. The van der Waals surface area contributed by atoms with E-state index in [4.69, 9.17) is 4.52 Å². The first kappa shape index (κ1) is 15.0. The van der Waals surface area contributed by atoms with Crippen LogP contribution in [-0.2, 0) is 9.59 Å². The minimum Gasteiger partial charge on any atom is -0.360 e. The van der Waals surface area contributed by atoms with Gasteiger partial charge in [0.05, 0.1) is 6.54 Å². The minimum absolute atomic E-state index is 0.0373. The summed E-state index contributed by atoms with van der Waals surface area (Å²) >= 11 is 0. The number of likely N-dealkylation sites (N-methyl/N-ethyl adjacent to an activating group) is 1. The summed E-state index contributed by atoms with van der Waals surface area (Å²) in [5.41, 5.74) is 0.191. The molecule has 22 heavy (non-hydrogen) atoms. The fourth-order valence-electron chi connectivity index (χ4n) is 3.34. The van der Waals surface area contributed by atoms with Gasteiger partial charge in [-0.15, -0.1) is 0 Å². The molecule has 1 spiro atoms. The summed E-state index contributed by atoms with van der Waals surface area (Å²) in [7, 11) is 1.68. The summed E-state index contributed by atoms with van der Waals surface area (Å²) in [5.74, 6) is 0.911. The molecule has 1 saturated carbocycles. The molecule has 2 aliphatic rings. The quantitative estimate of drug-likeness (QED) is 0.858. The Morgan fingerprint density at radius 1 is 1.50 bits per heavy atom. The van der Waals surface area contributed by atoms with Gasteiger partial charge in [-0.05, 0) is 44.7 Å². The second-order valence-electron chi connectivity index (χ2n) is 6.43. The highest BCUT2D eigenvalue weighted by atomic mass is 16.5. The van der Waals surface area contributed by atoms with E-state index in [0.717, 1.165) is 32.4 Å². The molecular weight excluding hydrogens is 284 g/mol. The first-order chi connectivity index (χ1) is 10.5. The Labute approximate surface area is 129 Å². The van der Waals surface area contributed by atoms with Gasteiger partial charge >= 0.3 is 0 Å². The molecule has 1 aliphatic heterocycles. The van der Waals surface area contributed by atoms with Crippen molar-refractivity contribution < 1.29 is 14.1 Å². The Hall–Kier alpha value is -1.89. The van der Waals surface area contributed by atoms with E-state index in [1.165, 1.54) is 4.90 Å². The zero-order valence-electron chi connectivity index (χ0n) is 13.0. The molecule has 2 heterocycles. The summed E-state index contributed by atoms with van der Waals surface area (Å²) in [6.07, 6.45) is 3.07. The van der Waals surface area contributed by atoms with E-state index < -0.39 is 0 Å². The molecule has 1 aromatic rings. The molecule has 1 unspecified atom stereocenters. The van der Waals surface area contributed by atoms with Crippen molar-refractivity contribution in [2.45, 2.75) is 26.2 Å². The number of nitrogens with zero attached hydrogens (tertiary/aromatic N) is 2. The van der Waals surface area contributed by atoms with Gasteiger partial charge in [0.2, 0.25) is 11.8 Å². The Bertz CT molecular complexity index is 577. The Balaban J connectivity index is 1.50. The zero-order valence-corrected chi connectivity index (χ0v) is 13.0. The lowest BCUT2D eigenvalue weighted by Gasteiger charge is -2.24. The van der Waals surface area contributed by atoms with Crippen molar-refractivity contribution in [3.05, 3.63) is 11.8 Å². The van der Waals surface area contributed by atoms with Crippen molar-refractivity contribution in [2.24, 2.45) is 11.3 Å². The van der Waals surface area contributed by atoms with E-state index in [9.17, 15) is 9.59 Å². The molecule has 120 valence electrons. The Morgan fingerprint density at radius 2 is 2.23 bits per heavy atom. The standard InChI is InChI=1S/C15H22N4O3/c1-10-7-12(18-22-10)17-13(20)9-19(2)14(21)11-8-15(11)3-5-16-6-4-15/h7,11,16H,3-6,8-9H2,1-2H3,(H,17,18,20). The normalized spacial score (nSPS) is 22.4. The first-order valence-corrected chi connectivity index (χ1v) is 7.69. The Morgan fingerprint density at radius 3 is 2.86 bits per heavy atom. The maximum Gasteiger partial charge on any atom is 0.245 e. The summed E-state index contributed by atoms with van der Waals surface area (Å²) in [4.78, 5) is 25.9. The molecule has 3 rings (SSSR count). The zero-order chi connectivity index (χ0) is 15.7. The minimum atomic E-state index is -0.260. The number of amides is 2. The lowest BCUT2D eigenvalue weighted by Crippen LogP contribution is -2.38. The van der Waals surface area contributed by atoms with Crippen LogP contribution in [0.25, 0.3) is 0 Å². The molecule has 1 atom stereocenters. The lowest BCUT2D eigenvalue weighted by atomic mass is 9.91. The number of anilines is 1. The summed E-state index contributed by atoms with van der Waals surface area (Å²) < 4.78 is 4.89. The number of nitrogens with one attached hydrogen (secondary N) is 2. The first-order valence-electron chi connectivity index (χ1n) is 7.69. The number of hydrogen-bond acceptors (Lipinski definition) is 5. The van der Waals surface area contributed by atoms with Gasteiger partial charge in [0.25, 0.3) is 0 Å². The topological polar surface area (TPSA) is 87.5 Å². The monoisotopic (exact) mass is 306 g/mol. The van der Waals surface area contributed by atoms with Crippen LogP contribution in [0.3, 0.4) is 0 Å². The molecule has 2 N–H and O–H groups in total. The van der Waals surface area contributed by atoms with Gasteiger partial charge in [-0.25, -0.2) is 0 Å². The number of aromatic nitrogens is 1. The molecular formula is C15H22N4O3. The van der Waals surface area contributed by atoms with Crippen molar-refractivity contribution in [3.63, 3.8) is 0 Å². The van der Waals surface area contributed by atoms with Crippen LogP contribution in [0.5, 0.6) is 0 Å². The van der Waals surface area contributed by atoms with Gasteiger partial charge < -0.3 is 20.1 Å². The second-order valence-corrected chi connectivity index (χ2v) is 6.43. The predicted molar refractivity (Wildman–Crippen MR) is 80.2 cm³/mol. The third-order valence-corrected chi connectivity index (χ3v) is 4.74. The number of rotatable bonds is 4. The van der Waals surface area contributed by atoms with Gasteiger partial charge in [-0.1, -0.05) is 5.16 Å².